The Labute approximate surface area is 172 Å². The average Bonchev–Trinajstić information content (AvgIpc) is 3.06. The Morgan fingerprint density at radius 1 is 1.18 bits per heavy atom. The number of halogens is 1. The van der Waals surface area contributed by atoms with Crippen LogP contribution in [0.3, 0.4) is 0 Å². The Bertz CT molecular complexity index is 1020. The number of fused-ring (bicyclic) bond motifs is 1. The van der Waals surface area contributed by atoms with Crippen LogP contribution in [0.15, 0.2) is 42.6 Å². The van der Waals surface area contributed by atoms with Crippen molar-refractivity contribution < 1.29 is 9.59 Å². The normalized spacial score (nSPS) is 15.0. The van der Waals surface area contributed by atoms with E-state index in [4.69, 9.17) is 11.6 Å². The van der Waals surface area contributed by atoms with Crippen molar-refractivity contribution in [2.75, 3.05) is 18.4 Å². The average molecular weight is 414 g/mol. The number of carbonyl (C=O) groups excluding carboxylic acids is 2. The molecule has 28 heavy (non-hydrogen) atoms. The van der Waals surface area contributed by atoms with Crippen LogP contribution in [0.5, 0.6) is 0 Å². The van der Waals surface area contributed by atoms with Gasteiger partial charge < -0.3 is 10.2 Å². The Morgan fingerprint density at radius 3 is 2.61 bits per heavy atom. The Hall–Kier alpha value is -2.44. The molecule has 1 N–H and O–H groups in total. The number of piperidine rings is 1. The second-order valence-corrected chi connectivity index (χ2v) is 8.45. The standard InChI is InChI=1S/C21H20ClN3O2S/c1-13-6-7-17(23-12-13)24-20(26)14-8-10-25(11-9-14)21(27)19-18(22)15-4-2-3-5-16(15)28-19/h2-7,12,14H,8-11H2,1H3,(H,23,24,26). The van der Waals surface area contributed by atoms with E-state index < -0.39 is 0 Å². The minimum Gasteiger partial charge on any atom is -0.338 e. The topological polar surface area (TPSA) is 62.3 Å². The summed E-state index contributed by atoms with van der Waals surface area (Å²) in [5, 5.41) is 4.31. The number of hydrogen-bond acceptors (Lipinski definition) is 4. The number of aryl methyl sites for hydroxylation is 1. The van der Waals surface area contributed by atoms with Crippen LogP contribution in [0.25, 0.3) is 10.1 Å². The highest BCUT2D eigenvalue weighted by Crippen LogP contribution is 2.36. The van der Waals surface area contributed by atoms with Crippen molar-refractivity contribution in [3.8, 4) is 0 Å². The van der Waals surface area contributed by atoms with Gasteiger partial charge in [0.15, 0.2) is 0 Å². The Morgan fingerprint density at radius 2 is 1.93 bits per heavy atom. The second kappa shape index (κ2) is 7.89. The van der Waals surface area contributed by atoms with Gasteiger partial charge in [0.25, 0.3) is 5.91 Å². The number of nitrogens with zero attached hydrogens (tertiary/aromatic N) is 2. The lowest BCUT2D eigenvalue weighted by Crippen LogP contribution is -2.41. The first-order chi connectivity index (χ1) is 13.5. The van der Waals surface area contributed by atoms with Gasteiger partial charge in [-0.15, -0.1) is 11.3 Å². The van der Waals surface area contributed by atoms with Gasteiger partial charge in [0.05, 0.1) is 5.02 Å². The molecule has 2 aromatic heterocycles. The molecule has 3 heterocycles. The van der Waals surface area contributed by atoms with Gasteiger partial charge >= 0.3 is 0 Å². The molecule has 0 saturated carbocycles. The van der Waals surface area contributed by atoms with Crippen LogP contribution in [0, 0.1) is 12.8 Å². The van der Waals surface area contributed by atoms with Gasteiger partial charge in [0, 0.05) is 35.3 Å². The number of hydrogen-bond donors (Lipinski definition) is 1. The zero-order valence-corrected chi connectivity index (χ0v) is 17.0. The summed E-state index contributed by atoms with van der Waals surface area (Å²) in [4.78, 5) is 32.0. The van der Waals surface area contributed by atoms with Crippen molar-refractivity contribution in [3.63, 3.8) is 0 Å². The number of rotatable bonds is 3. The van der Waals surface area contributed by atoms with Gasteiger partial charge in [-0.3, -0.25) is 9.59 Å². The van der Waals surface area contributed by atoms with Crippen molar-refractivity contribution in [1.29, 1.82) is 0 Å². The van der Waals surface area contributed by atoms with E-state index in [2.05, 4.69) is 10.3 Å². The van der Waals surface area contributed by atoms with Crippen molar-refractivity contribution in [1.82, 2.24) is 9.88 Å². The van der Waals surface area contributed by atoms with Gasteiger partial charge in [0.2, 0.25) is 5.91 Å². The van der Waals surface area contributed by atoms with Gasteiger partial charge in [-0.05, 0) is 37.5 Å². The molecule has 0 radical (unpaired) electrons. The van der Waals surface area contributed by atoms with E-state index >= 15 is 0 Å². The van der Waals surface area contributed by atoms with Crippen LogP contribution in [-0.2, 0) is 4.79 Å². The van der Waals surface area contributed by atoms with E-state index in [0.717, 1.165) is 15.6 Å². The lowest BCUT2D eigenvalue weighted by molar-refractivity contribution is -0.121. The second-order valence-electron chi connectivity index (χ2n) is 7.02. The molecule has 7 heteroatoms. The maximum absolute atomic E-state index is 12.9. The summed E-state index contributed by atoms with van der Waals surface area (Å²) in [7, 11) is 0. The van der Waals surface area contributed by atoms with E-state index in [1.165, 1.54) is 11.3 Å². The van der Waals surface area contributed by atoms with Gasteiger partial charge in [-0.25, -0.2) is 4.98 Å². The van der Waals surface area contributed by atoms with E-state index in [9.17, 15) is 9.59 Å². The number of anilines is 1. The first kappa shape index (κ1) is 18.9. The molecule has 1 aliphatic heterocycles. The SMILES string of the molecule is Cc1ccc(NC(=O)C2CCN(C(=O)c3sc4ccccc4c3Cl)CC2)nc1. The maximum atomic E-state index is 12.9. The minimum atomic E-state index is -0.120. The third-order valence-corrected chi connectivity index (χ3v) is 6.71. The van der Waals surface area contributed by atoms with Crippen LogP contribution in [-0.4, -0.2) is 34.8 Å². The van der Waals surface area contributed by atoms with Crippen molar-refractivity contribution in [2.45, 2.75) is 19.8 Å². The summed E-state index contributed by atoms with van der Waals surface area (Å²) in [5.74, 6) is 0.352. The third kappa shape index (κ3) is 3.75. The summed E-state index contributed by atoms with van der Waals surface area (Å²) >= 11 is 7.87. The number of aromatic nitrogens is 1. The highest BCUT2D eigenvalue weighted by molar-refractivity contribution is 7.21. The summed E-state index contributed by atoms with van der Waals surface area (Å²) < 4.78 is 1.01. The molecule has 5 nitrogen and oxygen atoms in total. The quantitative estimate of drug-likeness (QED) is 0.674. The van der Waals surface area contributed by atoms with Gasteiger partial charge in [-0.1, -0.05) is 35.9 Å². The highest BCUT2D eigenvalue weighted by Gasteiger charge is 2.30. The van der Waals surface area contributed by atoms with E-state index in [1.54, 1.807) is 17.2 Å². The molecule has 0 spiro atoms. The lowest BCUT2D eigenvalue weighted by atomic mass is 9.95. The molecule has 0 atom stereocenters. The van der Waals surface area contributed by atoms with Crippen molar-refractivity contribution in [2.24, 2.45) is 5.92 Å². The van der Waals surface area contributed by atoms with Crippen LogP contribution in [0.1, 0.15) is 28.1 Å². The molecule has 3 aromatic rings. The first-order valence-electron chi connectivity index (χ1n) is 9.23. The van der Waals surface area contributed by atoms with Crippen LogP contribution in [0.4, 0.5) is 5.82 Å². The smallest absolute Gasteiger partial charge is 0.265 e. The molecule has 1 aromatic carbocycles. The predicted octanol–water partition coefficient (Wildman–Crippen LogP) is 4.75. The van der Waals surface area contributed by atoms with Crippen LogP contribution in [0.2, 0.25) is 5.02 Å². The largest absolute Gasteiger partial charge is 0.338 e. The number of pyridine rings is 1. The number of amides is 2. The molecule has 1 aliphatic rings. The fourth-order valence-corrected chi connectivity index (χ4v) is 4.89. The molecule has 0 unspecified atom stereocenters. The molecule has 0 aliphatic carbocycles. The number of thiophene rings is 1. The molecule has 0 bridgehead atoms. The van der Waals surface area contributed by atoms with Gasteiger partial charge in [-0.2, -0.15) is 0 Å². The molecule has 144 valence electrons. The predicted molar refractivity (Wildman–Crippen MR) is 113 cm³/mol. The molecule has 1 fully saturated rings. The van der Waals surface area contributed by atoms with E-state index in [0.29, 0.717) is 41.6 Å². The summed E-state index contributed by atoms with van der Waals surface area (Å²) in [5.41, 5.74) is 1.05. The first-order valence-corrected chi connectivity index (χ1v) is 10.4. The molecule has 4 rings (SSSR count). The number of carbonyl (C=O) groups is 2. The zero-order valence-electron chi connectivity index (χ0n) is 15.4. The van der Waals surface area contributed by atoms with Crippen LogP contribution < -0.4 is 5.32 Å². The summed E-state index contributed by atoms with van der Waals surface area (Å²) in [6, 6.07) is 11.5. The molecule has 1 saturated heterocycles. The number of benzene rings is 1. The van der Waals surface area contributed by atoms with Crippen molar-refractivity contribution >= 4 is 50.7 Å². The zero-order chi connectivity index (χ0) is 19.7. The molecule has 2 amide bonds. The maximum Gasteiger partial charge on any atom is 0.265 e. The monoisotopic (exact) mass is 413 g/mol. The molecular weight excluding hydrogens is 394 g/mol. The third-order valence-electron chi connectivity index (χ3n) is 5.04. The minimum absolute atomic E-state index is 0.0386. The Balaban J connectivity index is 1.39. The van der Waals surface area contributed by atoms with E-state index in [1.807, 2.05) is 37.3 Å². The van der Waals surface area contributed by atoms with Crippen LogP contribution >= 0.6 is 22.9 Å². The number of likely N-dealkylation sites (tertiary alicyclic amines) is 1. The summed E-state index contributed by atoms with van der Waals surface area (Å²) in [6.07, 6.45) is 2.99. The van der Waals surface area contributed by atoms with Crippen molar-refractivity contribution in [3.05, 3.63) is 58.1 Å². The summed E-state index contributed by atoms with van der Waals surface area (Å²) in [6.45, 7) is 3.04. The molecular formula is C21H20ClN3O2S. The van der Waals surface area contributed by atoms with Gasteiger partial charge in [0.1, 0.15) is 10.7 Å². The fourth-order valence-electron chi connectivity index (χ4n) is 3.41. The fraction of sp³-hybridized carbons (Fsp3) is 0.286. The number of nitrogens with one attached hydrogen (secondary N) is 1. The lowest BCUT2D eigenvalue weighted by Gasteiger charge is -2.31. The highest BCUT2D eigenvalue weighted by atomic mass is 35.5. The Kier molecular flexibility index (Phi) is 5.33. The van der Waals surface area contributed by atoms with E-state index in [-0.39, 0.29) is 17.7 Å².